The minimum absolute atomic E-state index is 0.225. The molecule has 1 saturated carbocycles. The van der Waals surface area contributed by atoms with Crippen LogP contribution in [0.3, 0.4) is 0 Å². The minimum Gasteiger partial charge on any atom is -0.323 e. The first-order valence-electron chi connectivity index (χ1n) is 6.81. The van der Waals surface area contributed by atoms with Gasteiger partial charge in [-0.2, -0.15) is 0 Å². The molecule has 1 heteroatoms. The zero-order valence-electron chi connectivity index (χ0n) is 11.2. The van der Waals surface area contributed by atoms with E-state index in [1.165, 1.54) is 42.4 Å². The van der Waals surface area contributed by atoms with Gasteiger partial charge in [-0.05, 0) is 53.2 Å². The number of rotatable bonds is 0. The molecule has 1 unspecified atom stereocenters. The average molecular weight is 229 g/mol. The predicted molar refractivity (Wildman–Crippen MR) is 72.1 cm³/mol. The quantitative estimate of drug-likeness (QED) is 0.721. The van der Waals surface area contributed by atoms with Crippen molar-refractivity contribution in [1.29, 1.82) is 0 Å². The first-order chi connectivity index (χ1) is 7.92. The maximum Gasteiger partial charge on any atom is 0.0355 e. The van der Waals surface area contributed by atoms with Gasteiger partial charge in [-0.3, -0.25) is 0 Å². The molecule has 0 amide bonds. The number of hydrogen-bond acceptors (Lipinski definition) is 1. The van der Waals surface area contributed by atoms with E-state index in [0.29, 0.717) is 5.41 Å². The Morgan fingerprint density at radius 1 is 1.18 bits per heavy atom. The van der Waals surface area contributed by atoms with Gasteiger partial charge in [0.25, 0.3) is 0 Å². The summed E-state index contributed by atoms with van der Waals surface area (Å²) in [7, 11) is 0. The van der Waals surface area contributed by atoms with Gasteiger partial charge in [0.2, 0.25) is 0 Å². The number of aryl methyl sites for hydroxylation is 1. The molecule has 0 bridgehead atoms. The molecule has 1 nitrogen and oxygen atoms in total. The van der Waals surface area contributed by atoms with Crippen molar-refractivity contribution >= 4 is 0 Å². The summed E-state index contributed by atoms with van der Waals surface area (Å²) in [4.78, 5) is 0. The third-order valence-electron chi connectivity index (χ3n) is 4.79. The molecule has 2 aliphatic carbocycles. The molecule has 3 rings (SSSR count). The van der Waals surface area contributed by atoms with Crippen molar-refractivity contribution in [3.8, 4) is 0 Å². The Kier molecular flexibility index (Phi) is 2.22. The Balaban J connectivity index is 2.04. The Hall–Kier alpha value is -0.820. The van der Waals surface area contributed by atoms with Crippen molar-refractivity contribution in [1.82, 2.24) is 0 Å². The fraction of sp³-hybridized carbons (Fsp3) is 0.625. The Bertz CT molecular complexity index is 449. The molecule has 1 aromatic carbocycles. The summed E-state index contributed by atoms with van der Waals surface area (Å²) >= 11 is 0. The van der Waals surface area contributed by atoms with Crippen LogP contribution < -0.4 is 5.73 Å². The Morgan fingerprint density at radius 3 is 2.47 bits per heavy atom. The van der Waals surface area contributed by atoms with Crippen molar-refractivity contribution in [3.05, 3.63) is 34.9 Å². The minimum atomic E-state index is 0.225. The van der Waals surface area contributed by atoms with Crippen molar-refractivity contribution in [2.75, 3.05) is 0 Å². The van der Waals surface area contributed by atoms with E-state index in [1.807, 2.05) is 0 Å². The number of hydrogen-bond donors (Lipinski definition) is 1. The topological polar surface area (TPSA) is 26.0 Å². The second-order valence-electron chi connectivity index (χ2n) is 7.00. The lowest BCUT2D eigenvalue weighted by molar-refractivity contribution is 0.353. The molecule has 0 saturated heterocycles. The fourth-order valence-electron chi connectivity index (χ4n) is 3.17. The van der Waals surface area contributed by atoms with E-state index in [1.54, 1.807) is 0 Å². The summed E-state index contributed by atoms with van der Waals surface area (Å²) in [5.74, 6) is 0. The molecule has 0 heterocycles. The highest BCUT2D eigenvalue weighted by molar-refractivity contribution is 5.41. The van der Waals surface area contributed by atoms with Gasteiger partial charge in [0.15, 0.2) is 0 Å². The zero-order chi connectivity index (χ0) is 12.3. The number of fused-ring (bicyclic) bond motifs is 1. The fourth-order valence-corrected chi connectivity index (χ4v) is 3.17. The van der Waals surface area contributed by atoms with Crippen LogP contribution in [0.25, 0.3) is 0 Å². The first kappa shape index (κ1) is 11.3. The zero-order valence-corrected chi connectivity index (χ0v) is 11.2. The van der Waals surface area contributed by atoms with Crippen LogP contribution in [0, 0.1) is 5.41 Å². The van der Waals surface area contributed by atoms with Crippen LogP contribution in [-0.4, -0.2) is 0 Å². The van der Waals surface area contributed by atoms with E-state index < -0.39 is 0 Å². The van der Waals surface area contributed by atoms with Gasteiger partial charge in [-0.15, -0.1) is 0 Å². The predicted octanol–water partition coefficient (Wildman–Crippen LogP) is 3.71. The molecule has 0 aliphatic heterocycles. The summed E-state index contributed by atoms with van der Waals surface area (Å²) in [6, 6.07) is 7.26. The second kappa shape index (κ2) is 3.35. The highest BCUT2D eigenvalue weighted by Gasteiger charge is 2.50. The molecule has 0 radical (unpaired) electrons. The largest absolute Gasteiger partial charge is 0.323 e. The lowest BCUT2D eigenvalue weighted by atomic mass is 9.75. The molecule has 1 aromatic rings. The normalized spacial score (nSPS) is 25.8. The molecular weight excluding hydrogens is 206 g/mol. The molecule has 2 N–H and O–H groups in total. The smallest absolute Gasteiger partial charge is 0.0355 e. The van der Waals surface area contributed by atoms with Crippen LogP contribution in [0.5, 0.6) is 0 Å². The highest BCUT2D eigenvalue weighted by Crippen LogP contribution is 2.59. The maximum atomic E-state index is 6.50. The van der Waals surface area contributed by atoms with Crippen LogP contribution in [0.15, 0.2) is 18.2 Å². The van der Waals surface area contributed by atoms with Crippen molar-refractivity contribution in [2.24, 2.45) is 11.1 Å². The molecular formula is C16H23N. The van der Waals surface area contributed by atoms with Crippen molar-refractivity contribution < 1.29 is 0 Å². The van der Waals surface area contributed by atoms with Gasteiger partial charge in [-0.1, -0.05) is 39.0 Å². The molecule has 1 spiro atoms. The van der Waals surface area contributed by atoms with E-state index in [2.05, 4.69) is 39.0 Å². The summed E-state index contributed by atoms with van der Waals surface area (Å²) in [5.41, 5.74) is 11.5. The van der Waals surface area contributed by atoms with Gasteiger partial charge < -0.3 is 5.73 Å². The third kappa shape index (κ3) is 1.72. The lowest BCUT2D eigenvalue weighted by Gasteiger charge is -2.33. The Labute approximate surface area is 104 Å². The van der Waals surface area contributed by atoms with Crippen LogP contribution in [0.2, 0.25) is 0 Å². The van der Waals surface area contributed by atoms with E-state index in [4.69, 9.17) is 5.73 Å². The van der Waals surface area contributed by atoms with Gasteiger partial charge >= 0.3 is 0 Å². The summed E-state index contributed by atoms with van der Waals surface area (Å²) in [6.45, 7) is 6.82. The standard InChI is InChI=1S/C16H23N/c1-15(2,3)12-5-4-11-6-7-16(8-9-16)14(17)13(11)10-12/h4-5,10,14H,6-9,17H2,1-3H3. The molecule has 1 atom stereocenters. The van der Waals surface area contributed by atoms with Gasteiger partial charge in [0.1, 0.15) is 0 Å². The maximum absolute atomic E-state index is 6.50. The highest BCUT2D eigenvalue weighted by atomic mass is 14.8. The number of benzene rings is 1. The average Bonchev–Trinajstić information content (AvgIpc) is 3.04. The van der Waals surface area contributed by atoms with Crippen LogP contribution in [0.1, 0.15) is 62.8 Å². The lowest BCUT2D eigenvalue weighted by Crippen LogP contribution is -2.29. The van der Waals surface area contributed by atoms with Crippen molar-refractivity contribution in [3.63, 3.8) is 0 Å². The van der Waals surface area contributed by atoms with E-state index in [-0.39, 0.29) is 11.5 Å². The second-order valence-corrected chi connectivity index (χ2v) is 7.00. The molecule has 92 valence electrons. The third-order valence-corrected chi connectivity index (χ3v) is 4.79. The molecule has 0 aromatic heterocycles. The number of nitrogens with two attached hydrogens (primary N) is 1. The SMILES string of the molecule is CC(C)(C)c1ccc2c(c1)C(N)C1(CC2)CC1. The summed E-state index contributed by atoms with van der Waals surface area (Å²) in [5, 5.41) is 0. The molecule has 2 aliphatic rings. The van der Waals surface area contributed by atoms with Crippen LogP contribution in [0.4, 0.5) is 0 Å². The van der Waals surface area contributed by atoms with E-state index in [9.17, 15) is 0 Å². The summed E-state index contributed by atoms with van der Waals surface area (Å²) < 4.78 is 0. The molecule has 17 heavy (non-hydrogen) atoms. The van der Waals surface area contributed by atoms with Crippen molar-refractivity contribution in [2.45, 2.75) is 57.9 Å². The van der Waals surface area contributed by atoms with Crippen LogP contribution >= 0.6 is 0 Å². The van der Waals surface area contributed by atoms with E-state index >= 15 is 0 Å². The van der Waals surface area contributed by atoms with Gasteiger partial charge in [-0.25, -0.2) is 0 Å². The van der Waals surface area contributed by atoms with E-state index in [0.717, 1.165) is 0 Å². The molecule has 1 fully saturated rings. The van der Waals surface area contributed by atoms with Gasteiger partial charge in [0.05, 0.1) is 0 Å². The first-order valence-corrected chi connectivity index (χ1v) is 6.81. The van der Waals surface area contributed by atoms with Gasteiger partial charge in [0, 0.05) is 6.04 Å². The monoisotopic (exact) mass is 229 g/mol. The summed E-state index contributed by atoms with van der Waals surface area (Å²) in [6.07, 6.45) is 5.21. The van der Waals surface area contributed by atoms with Crippen LogP contribution in [-0.2, 0) is 11.8 Å². The Morgan fingerprint density at radius 2 is 1.88 bits per heavy atom.